The highest BCUT2D eigenvalue weighted by Crippen LogP contribution is 2.36. The molecule has 0 atom stereocenters. The average molecular weight is 442 g/mol. The molecule has 3 aromatic carbocycles. The van der Waals surface area contributed by atoms with Crippen molar-refractivity contribution in [3.05, 3.63) is 90.0 Å². The van der Waals surface area contributed by atoms with Gasteiger partial charge in [-0.25, -0.2) is 9.59 Å². The fourth-order valence-corrected chi connectivity index (χ4v) is 3.37. The summed E-state index contributed by atoms with van der Waals surface area (Å²) in [5.41, 5.74) is 2.33. The lowest BCUT2D eigenvalue weighted by atomic mass is 10.1. The summed E-state index contributed by atoms with van der Waals surface area (Å²) < 4.78 is 21.9. The van der Waals surface area contributed by atoms with Gasteiger partial charge >= 0.3 is 11.9 Å². The van der Waals surface area contributed by atoms with E-state index in [0.29, 0.717) is 28.0 Å². The van der Waals surface area contributed by atoms with Crippen LogP contribution in [0.4, 0.5) is 0 Å². The Morgan fingerprint density at radius 3 is 2.36 bits per heavy atom. The Morgan fingerprint density at radius 1 is 0.939 bits per heavy atom. The van der Waals surface area contributed by atoms with Gasteiger partial charge in [-0.15, -0.1) is 0 Å². The number of hydrogen-bond acceptors (Lipinski definition) is 6. The van der Waals surface area contributed by atoms with E-state index < -0.39 is 11.9 Å². The quantitative estimate of drug-likeness (QED) is 0.201. The molecule has 6 heteroatoms. The molecule has 0 amide bonds. The number of hydrogen-bond donors (Lipinski definition) is 0. The largest absolute Gasteiger partial charge is 0.497 e. The number of fused-ring (bicyclic) bond motifs is 1. The van der Waals surface area contributed by atoms with Gasteiger partial charge in [0, 0.05) is 17.0 Å². The van der Waals surface area contributed by atoms with Gasteiger partial charge in [0.25, 0.3) is 0 Å². The van der Waals surface area contributed by atoms with Crippen LogP contribution < -0.4 is 9.47 Å². The molecule has 0 spiro atoms. The van der Waals surface area contributed by atoms with Gasteiger partial charge in [0.2, 0.25) is 0 Å². The fraction of sp³-hybridized carbons (Fsp3) is 0.111. The molecule has 0 unspecified atom stereocenters. The van der Waals surface area contributed by atoms with Crippen LogP contribution >= 0.6 is 0 Å². The number of furan rings is 1. The van der Waals surface area contributed by atoms with Crippen LogP contribution in [0, 0.1) is 0 Å². The minimum absolute atomic E-state index is 0.215. The molecule has 0 saturated carbocycles. The van der Waals surface area contributed by atoms with Crippen molar-refractivity contribution in [1.82, 2.24) is 0 Å². The third-order valence-electron chi connectivity index (χ3n) is 4.92. The van der Waals surface area contributed by atoms with Crippen LogP contribution in [0.1, 0.15) is 22.8 Å². The summed E-state index contributed by atoms with van der Waals surface area (Å²) in [6.07, 6.45) is 3.02. The van der Waals surface area contributed by atoms with Gasteiger partial charge in [0.15, 0.2) is 0 Å². The molecular weight excluding hydrogens is 420 g/mol. The zero-order valence-electron chi connectivity index (χ0n) is 18.2. The fourth-order valence-electron chi connectivity index (χ4n) is 3.37. The van der Waals surface area contributed by atoms with Crippen molar-refractivity contribution in [2.75, 3.05) is 13.7 Å². The highest BCUT2D eigenvalue weighted by Gasteiger charge is 2.24. The van der Waals surface area contributed by atoms with Crippen molar-refractivity contribution >= 4 is 29.0 Å². The van der Waals surface area contributed by atoms with E-state index in [-0.39, 0.29) is 17.9 Å². The minimum Gasteiger partial charge on any atom is -0.497 e. The van der Waals surface area contributed by atoms with E-state index in [2.05, 4.69) is 0 Å². The van der Waals surface area contributed by atoms with Crippen LogP contribution in [0.25, 0.3) is 28.4 Å². The minimum atomic E-state index is -0.533. The Bertz CT molecular complexity index is 1300. The molecule has 4 aromatic rings. The predicted molar refractivity (Wildman–Crippen MR) is 125 cm³/mol. The summed E-state index contributed by atoms with van der Waals surface area (Å²) in [6.45, 7) is 1.95. The maximum absolute atomic E-state index is 12.8. The molecule has 0 N–H and O–H groups in total. The van der Waals surface area contributed by atoms with Gasteiger partial charge in [-0.2, -0.15) is 0 Å². The first-order valence-electron chi connectivity index (χ1n) is 10.4. The van der Waals surface area contributed by atoms with E-state index in [1.807, 2.05) is 30.3 Å². The monoisotopic (exact) mass is 442 g/mol. The van der Waals surface area contributed by atoms with Crippen molar-refractivity contribution < 1.29 is 28.2 Å². The molecule has 4 rings (SSSR count). The SMILES string of the molecule is CCOC(=O)c1c(-c2ccc(OC)cc2)oc2ccc(OC(=O)C=Cc3ccccc3)cc12. The van der Waals surface area contributed by atoms with Crippen molar-refractivity contribution in [3.8, 4) is 22.8 Å². The average Bonchev–Trinajstić information content (AvgIpc) is 3.22. The lowest BCUT2D eigenvalue weighted by Crippen LogP contribution is -2.06. The summed E-state index contributed by atoms with van der Waals surface area (Å²) in [5.74, 6) is 0.297. The van der Waals surface area contributed by atoms with Gasteiger partial charge in [-0.05, 0) is 61.0 Å². The normalized spacial score (nSPS) is 11.0. The van der Waals surface area contributed by atoms with Gasteiger partial charge in [-0.3, -0.25) is 0 Å². The number of carbonyl (C=O) groups excluding carboxylic acids is 2. The highest BCUT2D eigenvalue weighted by molar-refractivity contribution is 6.09. The zero-order valence-corrected chi connectivity index (χ0v) is 18.2. The second kappa shape index (κ2) is 9.87. The number of carbonyl (C=O) groups is 2. The van der Waals surface area contributed by atoms with Crippen molar-refractivity contribution in [3.63, 3.8) is 0 Å². The van der Waals surface area contributed by atoms with Gasteiger partial charge in [0.1, 0.15) is 28.4 Å². The molecule has 0 bridgehead atoms. The second-order valence-electron chi connectivity index (χ2n) is 7.08. The lowest BCUT2D eigenvalue weighted by Gasteiger charge is -2.05. The molecule has 0 aliphatic carbocycles. The number of rotatable bonds is 7. The van der Waals surface area contributed by atoms with Crippen molar-refractivity contribution in [2.24, 2.45) is 0 Å². The van der Waals surface area contributed by atoms with Gasteiger partial charge < -0.3 is 18.6 Å². The molecule has 0 fully saturated rings. The first-order chi connectivity index (χ1) is 16.1. The maximum Gasteiger partial charge on any atom is 0.342 e. The summed E-state index contributed by atoms with van der Waals surface area (Å²) in [4.78, 5) is 25.1. The van der Waals surface area contributed by atoms with Crippen molar-refractivity contribution in [2.45, 2.75) is 6.92 Å². The van der Waals surface area contributed by atoms with E-state index in [0.717, 1.165) is 5.56 Å². The molecule has 166 valence electrons. The van der Waals surface area contributed by atoms with Gasteiger partial charge in [-0.1, -0.05) is 30.3 Å². The molecule has 0 aliphatic rings. The van der Waals surface area contributed by atoms with E-state index in [1.54, 1.807) is 62.6 Å². The molecular formula is C27H22O6. The van der Waals surface area contributed by atoms with Crippen LogP contribution in [0.2, 0.25) is 0 Å². The van der Waals surface area contributed by atoms with Crippen LogP contribution in [0.5, 0.6) is 11.5 Å². The van der Waals surface area contributed by atoms with E-state index in [1.165, 1.54) is 6.08 Å². The second-order valence-corrected chi connectivity index (χ2v) is 7.08. The van der Waals surface area contributed by atoms with Crippen LogP contribution in [-0.4, -0.2) is 25.7 Å². The van der Waals surface area contributed by atoms with Gasteiger partial charge in [0.05, 0.1) is 13.7 Å². The van der Waals surface area contributed by atoms with Crippen LogP contribution in [-0.2, 0) is 9.53 Å². The maximum atomic E-state index is 12.8. The summed E-state index contributed by atoms with van der Waals surface area (Å²) in [6, 6.07) is 21.5. The third kappa shape index (κ3) is 4.96. The van der Waals surface area contributed by atoms with E-state index in [4.69, 9.17) is 18.6 Å². The number of ether oxygens (including phenoxy) is 3. The smallest absolute Gasteiger partial charge is 0.342 e. The molecule has 1 heterocycles. The Kier molecular flexibility index (Phi) is 6.55. The van der Waals surface area contributed by atoms with Crippen LogP contribution in [0.15, 0.2) is 83.3 Å². The Morgan fingerprint density at radius 2 is 1.67 bits per heavy atom. The molecule has 0 radical (unpaired) electrons. The summed E-state index contributed by atoms with van der Waals surface area (Å²) in [7, 11) is 1.58. The first-order valence-corrected chi connectivity index (χ1v) is 10.4. The lowest BCUT2D eigenvalue weighted by molar-refractivity contribution is -0.128. The standard InChI is InChI=1S/C27H22O6/c1-3-31-27(29)25-22-17-21(32-24(28)16-9-18-7-5-4-6-8-18)14-15-23(22)33-26(25)19-10-12-20(30-2)13-11-19/h4-17H,3H2,1-2H3. The van der Waals surface area contributed by atoms with Crippen LogP contribution in [0.3, 0.4) is 0 Å². The highest BCUT2D eigenvalue weighted by atomic mass is 16.5. The summed E-state index contributed by atoms with van der Waals surface area (Å²) in [5, 5.41) is 0.497. The first kappa shape index (κ1) is 21.9. The molecule has 33 heavy (non-hydrogen) atoms. The van der Waals surface area contributed by atoms with Crippen molar-refractivity contribution in [1.29, 1.82) is 0 Å². The molecule has 6 nitrogen and oxygen atoms in total. The Hall–Kier alpha value is -4.32. The zero-order chi connectivity index (χ0) is 23.2. The molecule has 0 saturated heterocycles. The number of esters is 2. The predicted octanol–water partition coefficient (Wildman–Crippen LogP) is 5.90. The Balaban J connectivity index is 1.68. The van der Waals surface area contributed by atoms with E-state index >= 15 is 0 Å². The van der Waals surface area contributed by atoms with E-state index in [9.17, 15) is 9.59 Å². The third-order valence-corrected chi connectivity index (χ3v) is 4.92. The number of methoxy groups -OCH3 is 1. The topological polar surface area (TPSA) is 75.0 Å². The molecule has 1 aromatic heterocycles. The number of benzene rings is 3. The Labute approximate surface area is 191 Å². The summed E-state index contributed by atoms with van der Waals surface area (Å²) >= 11 is 0. The molecule has 0 aliphatic heterocycles.